The number of nitrogens with zero attached hydrogens (tertiary/aromatic N) is 2. The van der Waals surface area contributed by atoms with E-state index < -0.39 is 10.0 Å². The van der Waals surface area contributed by atoms with E-state index in [0.29, 0.717) is 13.1 Å². The Labute approximate surface area is 153 Å². The van der Waals surface area contributed by atoms with Crippen LogP contribution in [0.25, 0.3) is 0 Å². The minimum absolute atomic E-state index is 0.240. The van der Waals surface area contributed by atoms with E-state index in [9.17, 15) is 18.0 Å². The lowest BCUT2D eigenvalue weighted by atomic mass is 10.2. The topological polar surface area (TPSA) is 86.8 Å². The van der Waals surface area contributed by atoms with E-state index >= 15 is 0 Å². The van der Waals surface area contributed by atoms with E-state index in [0.717, 1.165) is 18.4 Å². The Bertz CT molecular complexity index is 805. The van der Waals surface area contributed by atoms with Crippen molar-refractivity contribution < 1.29 is 18.0 Å². The van der Waals surface area contributed by atoms with E-state index in [1.807, 2.05) is 6.92 Å². The molecule has 3 rings (SSSR count). The van der Waals surface area contributed by atoms with Crippen LogP contribution in [0, 0.1) is 6.92 Å². The third kappa shape index (κ3) is 4.50. The van der Waals surface area contributed by atoms with Crippen LogP contribution in [0.3, 0.4) is 0 Å². The Kier molecular flexibility index (Phi) is 5.43. The van der Waals surface area contributed by atoms with Gasteiger partial charge in [0.25, 0.3) is 0 Å². The van der Waals surface area contributed by atoms with Crippen LogP contribution >= 0.6 is 0 Å². The molecule has 1 aromatic carbocycles. The summed E-state index contributed by atoms with van der Waals surface area (Å²) >= 11 is 0. The molecule has 2 amide bonds. The van der Waals surface area contributed by atoms with Crippen molar-refractivity contribution >= 4 is 21.8 Å². The summed E-state index contributed by atoms with van der Waals surface area (Å²) in [4.78, 5) is 25.6. The molecular formula is C18H23N3O4S. The molecule has 2 aliphatic rings. The fourth-order valence-electron chi connectivity index (χ4n) is 2.74. The Balaban J connectivity index is 1.54. The summed E-state index contributed by atoms with van der Waals surface area (Å²) in [5.41, 5.74) is 0.997. The maximum absolute atomic E-state index is 12.7. The van der Waals surface area contributed by atoms with Crippen molar-refractivity contribution in [1.29, 1.82) is 0 Å². The first-order valence-corrected chi connectivity index (χ1v) is 10.1. The predicted octanol–water partition coefficient (Wildman–Crippen LogP) is 0.663. The van der Waals surface area contributed by atoms with Crippen molar-refractivity contribution in [2.24, 2.45) is 0 Å². The average molecular weight is 377 g/mol. The van der Waals surface area contributed by atoms with Gasteiger partial charge in [0.15, 0.2) is 0 Å². The van der Waals surface area contributed by atoms with Crippen LogP contribution in [0.1, 0.15) is 18.4 Å². The SMILES string of the molecule is Cc1ccc(S(=O)(=O)N2CCN(C(=O)/C=C/C(=O)NC3CC3)CC2)cc1. The quantitative estimate of drug-likeness (QED) is 0.764. The number of hydrogen-bond donors (Lipinski definition) is 1. The second-order valence-electron chi connectivity index (χ2n) is 6.66. The first-order chi connectivity index (χ1) is 12.4. The van der Waals surface area contributed by atoms with Crippen molar-refractivity contribution in [2.75, 3.05) is 26.2 Å². The summed E-state index contributed by atoms with van der Waals surface area (Å²) in [6.07, 6.45) is 4.48. The van der Waals surface area contributed by atoms with Gasteiger partial charge in [-0.15, -0.1) is 0 Å². The zero-order valence-electron chi connectivity index (χ0n) is 14.7. The number of nitrogens with one attached hydrogen (secondary N) is 1. The molecule has 0 aromatic heterocycles. The Morgan fingerprint density at radius 2 is 1.65 bits per heavy atom. The lowest BCUT2D eigenvalue weighted by Gasteiger charge is -2.33. The summed E-state index contributed by atoms with van der Waals surface area (Å²) in [5, 5.41) is 2.78. The molecule has 0 spiro atoms. The highest BCUT2D eigenvalue weighted by molar-refractivity contribution is 7.89. The van der Waals surface area contributed by atoms with Crippen LogP contribution in [0.15, 0.2) is 41.3 Å². The number of carbonyl (C=O) groups is 2. The van der Waals surface area contributed by atoms with Gasteiger partial charge in [0.2, 0.25) is 21.8 Å². The van der Waals surface area contributed by atoms with Crippen molar-refractivity contribution in [3.63, 3.8) is 0 Å². The largest absolute Gasteiger partial charge is 0.350 e. The second kappa shape index (κ2) is 7.59. The molecular weight excluding hydrogens is 354 g/mol. The number of aryl methyl sites for hydroxylation is 1. The van der Waals surface area contributed by atoms with Crippen LogP contribution in [-0.4, -0.2) is 61.7 Å². The van der Waals surface area contributed by atoms with Crippen LogP contribution in [0.4, 0.5) is 0 Å². The normalized spacial score (nSPS) is 18.9. The Hall–Kier alpha value is -2.19. The number of carbonyl (C=O) groups excluding carboxylic acids is 2. The van der Waals surface area contributed by atoms with Gasteiger partial charge in [-0.2, -0.15) is 4.31 Å². The Morgan fingerprint density at radius 3 is 2.23 bits per heavy atom. The lowest BCUT2D eigenvalue weighted by Crippen LogP contribution is -2.50. The highest BCUT2D eigenvalue weighted by Crippen LogP contribution is 2.19. The molecule has 1 aromatic rings. The standard InChI is InChI=1S/C18H23N3O4S/c1-14-2-6-16(7-3-14)26(24,25)21-12-10-20(11-13-21)18(23)9-8-17(22)19-15-4-5-15/h2-3,6-9,15H,4-5,10-13H2,1H3,(H,19,22)/b9-8+. The molecule has 0 radical (unpaired) electrons. The number of benzene rings is 1. The predicted molar refractivity (Wildman–Crippen MR) is 96.8 cm³/mol. The third-order valence-corrected chi connectivity index (χ3v) is 6.42. The number of piperazine rings is 1. The molecule has 8 heteroatoms. The van der Waals surface area contributed by atoms with Gasteiger partial charge >= 0.3 is 0 Å². The van der Waals surface area contributed by atoms with Gasteiger partial charge < -0.3 is 10.2 Å². The smallest absolute Gasteiger partial charge is 0.246 e. The molecule has 2 fully saturated rings. The van der Waals surface area contributed by atoms with Crippen LogP contribution in [0.5, 0.6) is 0 Å². The average Bonchev–Trinajstić information content (AvgIpc) is 3.44. The van der Waals surface area contributed by atoms with Gasteiger partial charge in [-0.05, 0) is 31.9 Å². The summed E-state index contributed by atoms with van der Waals surface area (Å²) in [5.74, 6) is -0.537. The fourth-order valence-corrected chi connectivity index (χ4v) is 4.16. The van der Waals surface area contributed by atoms with Crippen molar-refractivity contribution in [2.45, 2.75) is 30.7 Å². The van der Waals surface area contributed by atoms with Gasteiger partial charge in [-0.1, -0.05) is 17.7 Å². The monoisotopic (exact) mass is 377 g/mol. The molecule has 26 heavy (non-hydrogen) atoms. The van der Waals surface area contributed by atoms with Crippen LogP contribution < -0.4 is 5.32 Å². The molecule has 1 saturated carbocycles. The van der Waals surface area contributed by atoms with Gasteiger partial charge in [0, 0.05) is 44.4 Å². The molecule has 1 N–H and O–H groups in total. The van der Waals surface area contributed by atoms with Gasteiger partial charge in [-0.3, -0.25) is 9.59 Å². The number of rotatable bonds is 5. The van der Waals surface area contributed by atoms with Crippen LogP contribution in [0.2, 0.25) is 0 Å². The van der Waals surface area contributed by atoms with Gasteiger partial charge in [-0.25, -0.2) is 8.42 Å². The fraction of sp³-hybridized carbons (Fsp3) is 0.444. The third-order valence-electron chi connectivity index (χ3n) is 4.51. The van der Waals surface area contributed by atoms with E-state index in [2.05, 4.69) is 5.32 Å². The summed E-state index contributed by atoms with van der Waals surface area (Å²) in [6.45, 7) is 2.99. The summed E-state index contributed by atoms with van der Waals surface area (Å²) in [6, 6.07) is 6.99. The van der Waals surface area contributed by atoms with Crippen LogP contribution in [-0.2, 0) is 19.6 Å². The first kappa shape index (κ1) is 18.6. The molecule has 0 unspecified atom stereocenters. The lowest BCUT2D eigenvalue weighted by molar-refractivity contribution is -0.127. The van der Waals surface area contributed by atoms with Crippen molar-refractivity contribution in [1.82, 2.24) is 14.5 Å². The summed E-state index contributed by atoms with van der Waals surface area (Å²) in [7, 11) is -3.55. The number of sulfonamides is 1. The molecule has 140 valence electrons. The zero-order valence-corrected chi connectivity index (χ0v) is 15.5. The maximum atomic E-state index is 12.7. The second-order valence-corrected chi connectivity index (χ2v) is 8.60. The van der Waals surface area contributed by atoms with E-state index in [4.69, 9.17) is 0 Å². The van der Waals surface area contributed by atoms with E-state index in [-0.39, 0.29) is 35.8 Å². The minimum Gasteiger partial charge on any atom is -0.350 e. The maximum Gasteiger partial charge on any atom is 0.246 e. The first-order valence-electron chi connectivity index (χ1n) is 8.70. The van der Waals surface area contributed by atoms with Crippen molar-refractivity contribution in [3.8, 4) is 0 Å². The van der Waals surface area contributed by atoms with Crippen molar-refractivity contribution in [3.05, 3.63) is 42.0 Å². The molecule has 0 atom stereocenters. The summed E-state index contributed by atoms with van der Waals surface area (Å²) < 4.78 is 26.7. The van der Waals surface area contributed by atoms with Gasteiger partial charge in [0.1, 0.15) is 0 Å². The van der Waals surface area contributed by atoms with Gasteiger partial charge in [0.05, 0.1) is 4.90 Å². The minimum atomic E-state index is -3.55. The van der Waals surface area contributed by atoms with E-state index in [1.54, 1.807) is 29.2 Å². The molecule has 1 aliphatic carbocycles. The zero-order chi connectivity index (χ0) is 18.7. The Morgan fingerprint density at radius 1 is 1.04 bits per heavy atom. The van der Waals surface area contributed by atoms with E-state index in [1.165, 1.54) is 16.5 Å². The molecule has 0 bridgehead atoms. The highest BCUT2D eigenvalue weighted by Gasteiger charge is 2.29. The number of hydrogen-bond acceptors (Lipinski definition) is 4. The number of amides is 2. The molecule has 1 saturated heterocycles. The molecule has 1 heterocycles. The molecule has 7 nitrogen and oxygen atoms in total. The molecule has 1 aliphatic heterocycles. The highest BCUT2D eigenvalue weighted by atomic mass is 32.2.